The van der Waals surface area contributed by atoms with Gasteiger partial charge in [-0.05, 0) is 26.0 Å². The minimum absolute atomic E-state index is 0.00930. The van der Waals surface area contributed by atoms with Gasteiger partial charge in [-0.15, -0.1) is 0 Å². The Balaban J connectivity index is 1.65. The first-order valence-corrected chi connectivity index (χ1v) is 11.0. The molecule has 0 saturated carbocycles. The van der Waals surface area contributed by atoms with Gasteiger partial charge in [-0.3, -0.25) is 14.4 Å². The second-order valence-corrected chi connectivity index (χ2v) is 8.70. The van der Waals surface area contributed by atoms with Crippen LogP contribution in [-0.4, -0.2) is 72.2 Å². The van der Waals surface area contributed by atoms with Crippen LogP contribution >= 0.6 is 0 Å². The van der Waals surface area contributed by atoms with Gasteiger partial charge in [-0.25, -0.2) is 0 Å². The highest BCUT2D eigenvalue weighted by Gasteiger charge is 2.31. The van der Waals surface area contributed by atoms with E-state index < -0.39 is 17.4 Å². The van der Waals surface area contributed by atoms with E-state index in [-0.39, 0.29) is 24.2 Å². The number of nitrogens with zero attached hydrogens (tertiary/aromatic N) is 3. The lowest BCUT2D eigenvalue weighted by molar-refractivity contribution is -0.135. The third-order valence-corrected chi connectivity index (χ3v) is 6.19. The van der Waals surface area contributed by atoms with Gasteiger partial charge < -0.3 is 29.2 Å². The molecular weight excluding hydrogens is 412 g/mol. The average molecular weight is 443 g/mol. The molecule has 1 saturated heterocycles. The minimum atomic E-state index is -0.701. The van der Waals surface area contributed by atoms with E-state index in [1.54, 1.807) is 23.2 Å². The summed E-state index contributed by atoms with van der Waals surface area (Å²) >= 11 is 0. The monoisotopic (exact) mass is 442 g/mol. The third kappa shape index (κ3) is 4.04. The fraction of sp³-hybridized carbons (Fsp3) is 0.522. The number of likely N-dealkylation sites (N-methyl/N-ethyl adjacent to an activating group) is 1. The zero-order chi connectivity index (χ0) is 23.0. The van der Waals surface area contributed by atoms with Gasteiger partial charge in [0.05, 0.1) is 10.9 Å². The molecule has 1 atom stereocenters. The maximum Gasteiger partial charge on any atom is 0.257 e. The van der Waals surface area contributed by atoms with Crippen molar-refractivity contribution in [1.82, 2.24) is 19.7 Å². The van der Waals surface area contributed by atoms with Gasteiger partial charge in [0.15, 0.2) is 11.5 Å². The van der Waals surface area contributed by atoms with Gasteiger partial charge in [0.1, 0.15) is 11.6 Å². The van der Waals surface area contributed by atoms with Crippen molar-refractivity contribution in [2.24, 2.45) is 5.92 Å². The normalized spacial score (nSPS) is 17.1. The summed E-state index contributed by atoms with van der Waals surface area (Å²) in [5.74, 6) is 0.294. The molecule has 0 spiro atoms. The van der Waals surface area contributed by atoms with Crippen molar-refractivity contribution >= 4 is 22.7 Å². The molecule has 3 heterocycles. The smallest absolute Gasteiger partial charge is 0.257 e. The molecule has 1 N–H and O–H groups in total. The molecule has 9 heteroatoms. The summed E-state index contributed by atoms with van der Waals surface area (Å²) in [6.45, 7) is 9.23. The number of benzene rings is 1. The number of fused-ring (bicyclic) bond motifs is 2. The Hall–Kier alpha value is -3.07. The van der Waals surface area contributed by atoms with E-state index in [2.05, 4.69) is 10.2 Å². The molecule has 1 aromatic carbocycles. The van der Waals surface area contributed by atoms with Crippen LogP contribution in [0.2, 0.25) is 0 Å². The minimum Gasteiger partial charge on any atom is -0.454 e. The highest BCUT2D eigenvalue weighted by molar-refractivity contribution is 6.00. The number of carbonyl (C=O) groups excluding carboxylic acids is 2. The summed E-state index contributed by atoms with van der Waals surface area (Å²) in [4.78, 5) is 43.5. The Morgan fingerprint density at radius 3 is 2.38 bits per heavy atom. The maximum absolute atomic E-state index is 13.2. The Morgan fingerprint density at radius 1 is 1.09 bits per heavy atom. The van der Waals surface area contributed by atoms with Gasteiger partial charge >= 0.3 is 0 Å². The zero-order valence-corrected chi connectivity index (χ0v) is 19.0. The SMILES string of the molecule is CCn1cc(C(=O)NC(C(=O)N2CCN(C)CC2)C(C)C)c(=O)c2cc3c(cc21)OCO3. The standard InChI is InChI=1S/C23H30N4O5/c1-5-26-12-16(21(28)15-10-18-19(11-17(15)26)32-13-31-18)22(29)24-20(14(2)3)23(30)27-8-6-25(4)7-9-27/h10-12,14,20H,5-9,13H2,1-4H3,(H,24,29). The van der Waals surface area contributed by atoms with Gasteiger partial charge in [-0.2, -0.15) is 0 Å². The topological polar surface area (TPSA) is 93.1 Å². The highest BCUT2D eigenvalue weighted by Crippen LogP contribution is 2.35. The van der Waals surface area contributed by atoms with Crippen LogP contribution < -0.4 is 20.2 Å². The van der Waals surface area contributed by atoms with E-state index in [0.29, 0.717) is 42.0 Å². The fourth-order valence-corrected chi connectivity index (χ4v) is 4.16. The number of hydrogen-bond acceptors (Lipinski definition) is 6. The van der Waals surface area contributed by atoms with Crippen LogP contribution in [0.4, 0.5) is 0 Å². The summed E-state index contributed by atoms with van der Waals surface area (Å²) < 4.78 is 12.7. The van der Waals surface area contributed by atoms with E-state index in [1.807, 2.05) is 32.4 Å². The molecular formula is C23H30N4O5. The van der Waals surface area contributed by atoms with E-state index in [4.69, 9.17) is 9.47 Å². The summed E-state index contributed by atoms with van der Waals surface area (Å²) in [6.07, 6.45) is 1.56. The third-order valence-electron chi connectivity index (χ3n) is 6.19. The summed E-state index contributed by atoms with van der Waals surface area (Å²) in [5.41, 5.74) is 0.289. The summed E-state index contributed by atoms with van der Waals surface area (Å²) in [6, 6.07) is 2.68. The molecule has 2 aliphatic heterocycles. The zero-order valence-electron chi connectivity index (χ0n) is 19.0. The van der Waals surface area contributed by atoms with Crippen LogP contribution in [-0.2, 0) is 11.3 Å². The maximum atomic E-state index is 13.2. The number of pyridine rings is 1. The molecule has 1 aromatic heterocycles. The number of piperazine rings is 1. The second kappa shape index (κ2) is 8.82. The fourth-order valence-electron chi connectivity index (χ4n) is 4.16. The number of aryl methyl sites for hydroxylation is 1. The van der Waals surface area contributed by atoms with Crippen molar-refractivity contribution in [2.75, 3.05) is 40.0 Å². The Labute approximate surface area is 186 Å². The summed E-state index contributed by atoms with van der Waals surface area (Å²) in [7, 11) is 2.02. The molecule has 172 valence electrons. The molecule has 32 heavy (non-hydrogen) atoms. The van der Waals surface area contributed by atoms with Gasteiger partial charge in [-0.1, -0.05) is 13.8 Å². The largest absolute Gasteiger partial charge is 0.454 e. The molecule has 1 unspecified atom stereocenters. The molecule has 4 rings (SSSR count). The molecule has 0 bridgehead atoms. The van der Waals surface area contributed by atoms with Crippen molar-refractivity contribution in [2.45, 2.75) is 33.4 Å². The van der Waals surface area contributed by atoms with Crippen LogP contribution in [0.25, 0.3) is 10.9 Å². The lowest BCUT2D eigenvalue weighted by atomic mass is 10.0. The van der Waals surface area contributed by atoms with Crippen LogP contribution in [0, 0.1) is 5.92 Å². The quantitative estimate of drug-likeness (QED) is 0.750. The Kier molecular flexibility index (Phi) is 6.10. The first-order chi connectivity index (χ1) is 15.3. The van der Waals surface area contributed by atoms with Gasteiger partial charge in [0.25, 0.3) is 5.91 Å². The molecule has 2 amide bonds. The molecule has 1 fully saturated rings. The molecule has 2 aliphatic rings. The summed E-state index contributed by atoms with van der Waals surface area (Å²) in [5, 5.41) is 3.22. The number of ether oxygens (including phenoxy) is 2. The number of nitrogens with one attached hydrogen (secondary N) is 1. The first-order valence-electron chi connectivity index (χ1n) is 11.0. The van der Waals surface area contributed by atoms with Crippen LogP contribution in [0.15, 0.2) is 23.1 Å². The lowest BCUT2D eigenvalue weighted by Crippen LogP contribution is -2.56. The van der Waals surface area contributed by atoms with E-state index in [1.165, 1.54) is 0 Å². The molecule has 0 aliphatic carbocycles. The van der Waals surface area contributed by atoms with Crippen molar-refractivity contribution in [1.29, 1.82) is 0 Å². The molecule has 0 radical (unpaired) electrons. The number of aromatic nitrogens is 1. The second-order valence-electron chi connectivity index (χ2n) is 8.70. The average Bonchev–Trinajstić information content (AvgIpc) is 3.24. The van der Waals surface area contributed by atoms with Crippen molar-refractivity contribution in [3.8, 4) is 11.5 Å². The predicted molar refractivity (Wildman–Crippen MR) is 120 cm³/mol. The highest BCUT2D eigenvalue weighted by atomic mass is 16.7. The number of hydrogen-bond donors (Lipinski definition) is 1. The number of carbonyl (C=O) groups is 2. The van der Waals surface area contributed by atoms with Gasteiger partial charge in [0.2, 0.25) is 18.1 Å². The van der Waals surface area contributed by atoms with Gasteiger partial charge in [0, 0.05) is 45.0 Å². The van der Waals surface area contributed by atoms with E-state index in [9.17, 15) is 14.4 Å². The number of rotatable bonds is 5. The van der Waals surface area contributed by atoms with Crippen molar-refractivity contribution in [3.63, 3.8) is 0 Å². The van der Waals surface area contributed by atoms with Crippen molar-refractivity contribution < 1.29 is 19.1 Å². The number of amides is 2. The molecule has 9 nitrogen and oxygen atoms in total. The Morgan fingerprint density at radius 2 is 1.75 bits per heavy atom. The van der Waals surface area contributed by atoms with Crippen LogP contribution in [0.3, 0.4) is 0 Å². The first kappa shape index (κ1) is 22.1. The van der Waals surface area contributed by atoms with E-state index in [0.717, 1.165) is 13.1 Å². The van der Waals surface area contributed by atoms with Crippen molar-refractivity contribution in [3.05, 3.63) is 34.1 Å². The molecule has 2 aromatic rings. The predicted octanol–water partition coefficient (Wildman–Crippen LogP) is 1.28. The van der Waals surface area contributed by atoms with E-state index >= 15 is 0 Å². The van der Waals surface area contributed by atoms with Crippen LogP contribution in [0.5, 0.6) is 11.5 Å². The Bertz CT molecular complexity index is 1100. The lowest BCUT2D eigenvalue weighted by Gasteiger charge is -2.35. The van der Waals surface area contributed by atoms with Crippen LogP contribution in [0.1, 0.15) is 31.1 Å².